The van der Waals surface area contributed by atoms with E-state index >= 15 is 0 Å². The number of benzene rings is 1. The molecule has 0 fully saturated rings. The van der Waals surface area contributed by atoms with Gasteiger partial charge in [0.1, 0.15) is 10.8 Å². The first kappa shape index (κ1) is 12.4. The number of rotatable bonds is 3. The van der Waals surface area contributed by atoms with Gasteiger partial charge in [0.15, 0.2) is 5.78 Å². The summed E-state index contributed by atoms with van der Waals surface area (Å²) in [5.41, 5.74) is 1.26. The maximum atomic E-state index is 13.1. The first-order valence-electron chi connectivity index (χ1n) is 4.95. The molecule has 0 atom stereocenters. The number of aryl methyl sites for hydroxylation is 1. The van der Waals surface area contributed by atoms with Crippen LogP contribution in [0.15, 0.2) is 28.1 Å². The lowest BCUT2D eigenvalue weighted by molar-refractivity contribution is 0.0991. The van der Waals surface area contributed by atoms with E-state index in [0.29, 0.717) is 10.0 Å². The van der Waals surface area contributed by atoms with Gasteiger partial charge in [0, 0.05) is 21.1 Å². The monoisotopic (exact) mass is 313 g/mol. The standard InChI is InChI=1S/C12H9BrFNOS/c1-7-6-17-12(15-7)5-11(16)9-4-8(14)2-3-10(9)13/h2-4,6H,5H2,1H3. The number of thiazole rings is 1. The molecular weight excluding hydrogens is 305 g/mol. The fourth-order valence-corrected chi connectivity index (χ4v) is 2.67. The molecule has 2 aromatic rings. The predicted molar refractivity (Wildman–Crippen MR) is 69.0 cm³/mol. The highest BCUT2D eigenvalue weighted by atomic mass is 79.9. The van der Waals surface area contributed by atoms with Crippen molar-refractivity contribution in [1.82, 2.24) is 4.98 Å². The Labute approximate surface area is 111 Å². The Morgan fingerprint density at radius 1 is 1.53 bits per heavy atom. The third-order valence-corrected chi connectivity index (χ3v) is 3.87. The lowest BCUT2D eigenvalue weighted by Gasteiger charge is -2.02. The number of hydrogen-bond acceptors (Lipinski definition) is 3. The lowest BCUT2D eigenvalue weighted by atomic mass is 10.1. The van der Waals surface area contributed by atoms with Crippen LogP contribution in [0.2, 0.25) is 0 Å². The summed E-state index contributed by atoms with van der Waals surface area (Å²) in [6.45, 7) is 1.88. The molecule has 5 heteroatoms. The quantitative estimate of drug-likeness (QED) is 0.807. The van der Waals surface area contributed by atoms with Crippen LogP contribution >= 0.6 is 27.3 Å². The van der Waals surface area contributed by atoms with E-state index in [4.69, 9.17) is 0 Å². The Balaban J connectivity index is 2.22. The number of halogens is 2. The van der Waals surface area contributed by atoms with Gasteiger partial charge in [0.05, 0.1) is 6.42 Å². The van der Waals surface area contributed by atoms with E-state index in [2.05, 4.69) is 20.9 Å². The number of ketones is 1. The number of aromatic nitrogens is 1. The Morgan fingerprint density at radius 3 is 2.94 bits per heavy atom. The van der Waals surface area contributed by atoms with E-state index < -0.39 is 5.82 Å². The minimum Gasteiger partial charge on any atom is -0.294 e. The second-order valence-corrected chi connectivity index (χ2v) is 5.40. The maximum absolute atomic E-state index is 13.1. The maximum Gasteiger partial charge on any atom is 0.170 e. The van der Waals surface area contributed by atoms with Gasteiger partial charge in [-0.1, -0.05) is 15.9 Å². The van der Waals surface area contributed by atoms with Gasteiger partial charge in [0.25, 0.3) is 0 Å². The third kappa shape index (κ3) is 2.98. The molecule has 0 N–H and O–H groups in total. The van der Waals surface area contributed by atoms with Crippen molar-refractivity contribution >= 4 is 33.0 Å². The van der Waals surface area contributed by atoms with Crippen molar-refractivity contribution in [2.24, 2.45) is 0 Å². The Hall–Kier alpha value is -1.07. The Kier molecular flexibility index (Phi) is 3.69. The fraction of sp³-hybridized carbons (Fsp3) is 0.167. The smallest absolute Gasteiger partial charge is 0.170 e. The molecule has 0 bridgehead atoms. The fourth-order valence-electron chi connectivity index (χ4n) is 1.43. The SMILES string of the molecule is Cc1csc(CC(=O)c2cc(F)ccc2Br)n1. The summed E-state index contributed by atoms with van der Waals surface area (Å²) in [7, 11) is 0. The molecule has 0 unspecified atom stereocenters. The van der Waals surface area contributed by atoms with E-state index in [9.17, 15) is 9.18 Å². The molecule has 0 saturated carbocycles. The van der Waals surface area contributed by atoms with Gasteiger partial charge in [-0.15, -0.1) is 11.3 Å². The molecule has 0 amide bonds. The molecule has 2 nitrogen and oxygen atoms in total. The molecule has 0 saturated heterocycles. The first-order chi connectivity index (χ1) is 8.06. The second kappa shape index (κ2) is 5.06. The average molecular weight is 314 g/mol. The molecule has 17 heavy (non-hydrogen) atoms. The number of hydrogen-bond donors (Lipinski definition) is 0. The van der Waals surface area contributed by atoms with Crippen molar-refractivity contribution in [2.45, 2.75) is 13.3 Å². The zero-order valence-electron chi connectivity index (χ0n) is 9.04. The molecule has 1 heterocycles. The Bertz CT molecular complexity index is 567. The van der Waals surface area contributed by atoms with Crippen LogP contribution in [-0.4, -0.2) is 10.8 Å². The number of Topliss-reactive ketones (excluding diaryl/α,β-unsaturated/α-hetero) is 1. The first-order valence-corrected chi connectivity index (χ1v) is 6.63. The van der Waals surface area contributed by atoms with Crippen LogP contribution in [0, 0.1) is 12.7 Å². The zero-order chi connectivity index (χ0) is 12.4. The highest BCUT2D eigenvalue weighted by Crippen LogP contribution is 2.20. The summed E-state index contributed by atoms with van der Waals surface area (Å²) in [5, 5.41) is 2.65. The Morgan fingerprint density at radius 2 is 2.29 bits per heavy atom. The van der Waals surface area contributed by atoms with Crippen molar-refractivity contribution in [3.05, 3.63) is 50.1 Å². The number of nitrogens with zero attached hydrogens (tertiary/aromatic N) is 1. The van der Waals surface area contributed by atoms with Gasteiger partial charge in [0.2, 0.25) is 0 Å². The van der Waals surface area contributed by atoms with Gasteiger partial charge in [-0.3, -0.25) is 4.79 Å². The summed E-state index contributed by atoms with van der Waals surface area (Å²) < 4.78 is 13.7. The van der Waals surface area contributed by atoms with Crippen molar-refractivity contribution in [3.8, 4) is 0 Å². The third-order valence-electron chi connectivity index (χ3n) is 2.21. The van der Waals surface area contributed by atoms with Crippen molar-refractivity contribution in [1.29, 1.82) is 0 Å². The van der Waals surface area contributed by atoms with Crippen molar-refractivity contribution < 1.29 is 9.18 Å². The summed E-state index contributed by atoms with van der Waals surface area (Å²) in [6.07, 6.45) is 0.209. The normalized spacial score (nSPS) is 10.5. The average Bonchev–Trinajstić information content (AvgIpc) is 2.67. The molecule has 88 valence electrons. The minimum atomic E-state index is -0.410. The predicted octanol–water partition coefficient (Wildman–Crippen LogP) is 3.78. The summed E-state index contributed by atoms with van der Waals surface area (Å²) in [5.74, 6) is -0.544. The van der Waals surface area contributed by atoms with Crippen LogP contribution in [0.1, 0.15) is 21.1 Å². The zero-order valence-corrected chi connectivity index (χ0v) is 11.4. The minimum absolute atomic E-state index is 0.134. The molecule has 0 radical (unpaired) electrons. The van der Waals surface area contributed by atoms with Crippen LogP contribution in [0.3, 0.4) is 0 Å². The molecule has 2 rings (SSSR count). The van der Waals surface area contributed by atoms with E-state index in [1.165, 1.54) is 29.5 Å². The van der Waals surface area contributed by atoms with E-state index in [1.54, 1.807) is 0 Å². The number of carbonyl (C=O) groups excluding carboxylic acids is 1. The van der Waals surface area contributed by atoms with Crippen LogP contribution in [-0.2, 0) is 6.42 Å². The van der Waals surface area contributed by atoms with Crippen LogP contribution < -0.4 is 0 Å². The molecule has 0 aliphatic rings. The molecule has 1 aromatic heterocycles. The van der Waals surface area contributed by atoms with Crippen molar-refractivity contribution in [2.75, 3.05) is 0 Å². The van der Waals surface area contributed by atoms with E-state index in [1.807, 2.05) is 12.3 Å². The van der Waals surface area contributed by atoms with Gasteiger partial charge in [-0.2, -0.15) is 0 Å². The van der Waals surface area contributed by atoms with E-state index in [0.717, 1.165) is 10.7 Å². The summed E-state index contributed by atoms with van der Waals surface area (Å²) in [6, 6.07) is 4.09. The second-order valence-electron chi connectivity index (χ2n) is 3.61. The molecule has 0 aliphatic carbocycles. The molecule has 1 aromatic carbocycles. The summed E-state index contributed by atoms with van der Waals surface area (Å²) >= 11 is 4.69. The van der Waals surface area contributed by atoms with E-state index in [-0.39, 0.29) is 12.2 Å². The van der Waals surface area contributed by atoms with Gasteiger partial charge in [-0.25, -0.2) is 9.37 Å². The lowest BCUT2D eigenvalue weighted by Crippen LogP contribution is -2.04. The van der Waals surface area contributed by atoms with Crippen LogP contribution in [0.4, 0.5) is 4.39 Å². The molecule has 0 aliphatic heterocycles. The van der Waals surface area contributed by atoms with Crippen LogP contribution in [0.25, 0.3) is 0 Å². The highest BCUT2D eigenvalue weighted by molar-refractivity contribution is 9.10. The highest BCUT2D eigenvalue weighted by Gasteiger charge is 2.13. The van der Waals surface area contributed by atoms with Crippen molar-refractivity contribution in [3.63, 3.8) is 0 Å². The largest absolute Gasteiger partial charge is 0.294 e. The topological polar surface area (TPSA) is 30.0 Å². The molecular formula is C12H9BrFNOS. The number of carbonyl (C=O) groups is 1. The van der Waals surface area contributed by atoms with Gasteiger partial charge < -0.3 is 0 Å². The summed E-state index contributed by atoms with van der Waals surface area (Å²) in [4.78, 5) is 16.2. The molecule has 0 spiro atoms. The van der Waals surface area contributed by atoms with Gasteiger partial charge >= 0.3 is 0 Å². The van der Waals surface area contributed by atoms with Gasteiger partial charge in [-0.05, 0) is 25.1 Å². The van der Waals surface area contributed by atoms with Crippen LogP contribution in [0.5, 0.6) is 0 Å².